The van der Waals surface area contributed by atoms with Crippen LogP contribution in [-0.4, -0.2) is 0 Å². The van der Waals surface area contributed by atoms with Crippen LogP contribution in [0, 0.1) is 0 Å². The van der Waals surface area contributed by atoms with Gasteiger partial charge in [-0.05, 0) is 32.1 Å². The first-order valence-corrected chi connectivity index (χ1v) is 11.6. The van der Waals surface area contributed by atoms with Gasteiger partial charge in [0.25, 0.3) is 0 Å². The lowest BCUT2D eigenvalue weighted by molar-refractivity contribution is 0.816. The highest BCUT2D eigenvalue weighted by molar-refractivity contribution is 4.65. The summed E-state index contributed by atoms with van der Waals surface area (Å²) in [5.74, 6) is 0. The topological polar surface area (TPSA) is 0 Å². The van der Waals surface area contributed by atoms with Crippen molar-refractivity contribution in [1.29, 1.82) is 0 Å². The summed E-state index contributed by atoms with van der Waals surface area (Å²) in [6, 6.07) is 0. The molecule has 0 amide bonds. The number of hydrogen-bond donors (Lipinski definition) is 0. The second-order valence-corrected chi connectivity index (χ2v) is 6.42. The predicted octanol–water partition coefficient (Wildman–Crippen LogP) is 11.0. The van der Waals surface area contributed by atoms with E-state index < -0.39 is 0 Å². The van der Waals surface area contributed by atoms with Crippen LogP contribution in [0.25, 0.3) is 0 Å². The van der Waals surface area contributed by atoms with Gasteiger partial charge in [0.15, 0.2) is 0 Å². The van der Waals surface area contributed by atoms with Gasteiger partial charge in [-0.25, -0.2) is 0 Å². The molecule has 0 spiro atoms. The number of hydrogen-bond acceptors (Lipinski definition) is 0. The first-order valence-electron chi connectivity index (χ1n) is 11.6. The molecular weight excluding hydrogens is 336 g/mol. The Morgan fingerprint density at radius 1 is 0.393 bits per heavy atom. The summed E-state index contributed by atoms with van der Waals surface area (Å²) in [5.41, 5.74) is 0. The van der Waals surface area contributed by atoms with Gasteiger partial charge in [-0.15, -0.1) is 32.9 Å². The second kappa shape index (κ2) is 56.2. The smallest absolute Gasteiger partial charge is 0.0354 e. The van der Waals surface area contributed by atoms with Crippen LogP contribution in [-0.2, 0) is 0 Å². The lowest BCUT2D eigenvalue weighted by Gasteiger charge is -1.81. The van der Waals surface area contributed by atoms with Crippen molar-refractivity contribution in [2.75, 3.05) is 0 Å². The van der Waals surface area contributed by atoms with Crippen molar-refractivity contribution in [3.05, 3.63) is 63.3 Å². The third-order valence-electron chi connectivity index (χ3n) is 3.34. The Bertz CT molecular complexity index is 211. The summed E-state index contributed by atoms with van der Waals surface area (Å²) in [6.45, 7) is 28.7. The van der Waals surface area contributed by atoms with Gasteiger partial charge in [-0.3, -0.25) is 0 Å². The van der Waals surface area contributed by atoms with E-state index in [0.717, 1.165) is 6.42 Å². The molecule has 28 heavy (non-hydrogen) atoms. The molecule has 0 nitrogen and oxygen atoms in total. The Balaban J connectivity index is -0.0000000793. The summed E-state index contributed by atoms with van der Waals surface area (Å²) in [5, 5.41) is 0. The molecule has 0 radical (unpaired) electrons. The highest BCUT2D eigenvalue weighted by Crippen LogP contribution is 1.93. The van der Waals surface area contributed by atoms with E-state index in [1.165, 1.54) is 77.0 Å². The maximum atomic E-state index is 3.60. The molecule has 0 heterocycles. The van der Waals surface area contributed by atoms with Gasteiger partial charge in [-0.1, -0.05) is 116 Å². The van der Waals surface area contributed by atoms with Gasteiger partial charge in [-0.2, -0.15) is 0 Å². The first-order chi connectivity index (χ1) is 13.6. The average Bonchev–Trinajstić information content (AvgIpc) is 2.74. The second-order valence-electron chi connectivity index (χ2n) is 6.42. The van der Waals surface area contributed by atoms with Gasteiger partial charge in [0.2, 0.25) is 0 Å². The van der Waals surface area contributed by atoms with Gasteiger partial charge in [0, 0.05) is 0 Å². The maximum absolute atomic E-state index is 3.60. The Kier molecular flexibility index (Phi) is 75.2. The maximum Gasteiger partial charge on any atom is -0.0354 e. The van der Waals surface area contributed by atoms with Crippen molar-refractivity contribution in [3.8, 4) is 0 Å². The third-order valence-corrected chi connectivity index (χ3v) is 3.34. The molecular formula is C28H56. The molecule has 0 rings (SSSR count). The van der Waals surface area contributed by atoms with E-state index in [1.807, 2.05) is 30.4 Å². The molecule has 0 aliphatic carbocycles. The molecule has 0 fully saturated rings. The van der Waals surface area contributed by atoms with Crippen LogP contribution < -0.4 is 0 Å². The van der Waals surface area contributed by atoms with E-state index in [4.69, 9.17) is 0 Å². The van der Waals surface area contributed by atoms with Crippen LogP contribution in [0.4, 0.5) is 0 Å². The Hall–Kier alpha value is -1.30. The summed E-state index contributed by atoms with van der Waals surface area (Å²) in [6.07, 6.45) is 25.8. The third kappa shape index (κ3) is 101. The van der Waals surface area contributed by atoms with Crippen molar-refractivity contribution >= 4 is 0 Å². The Labute approximate surface area is 181 Å². The van der Waals surface area contributed by atoms with Crippen LogP contribution in [0.2, 0.25) is 0 Å². The standard InChI is InChI=1S/4C6H12.C4H8/c4*1-3-5-6-4-2;1-3-4-2/h4*3H,1,4-6H2,2H3;3H,1,4H2,2H3. The fraction of sp³-hybridized carbons (Fsp3) is 0.643. The molecule has 0 saturated carbocycles. The Morgan fingerprint density at radius 2 is 0.571 bits per heavy atom. The van der Waals surface area contributed by atoms with Gasteiger partial charge < -0.3 is 0 Å². The SMILES string of the molecule is C=CCC.C=CCCCC.C=CCCCC.C=CCCCC.C=CCCCC. The zero-order chi connectivity index (χ0) is 22.7. The number of unbranched alkanes of at least 4 members (excludes halogenated alkanes) is 8. The summed E-state index contributed by atoms with van der Waals surface area (Å²) >= 11 is 0. The van der Waals surface area contributed by atoms with Crippen LogP contribution in [0.3, 0.4) is 0 Å². The fourth-order valence-corrected chi connectivity index (χ4v) is 1.39. The quantitative estimate of drug-likeness (QED) is 0.216. The van der Waals surface area contributed by atoms with Gasteiger partial charge in [0.1, 0.15) is 0 Å². The normalized spacial score (nSPS) is 7.89. The minimum atomic E-state index is 1.08. The average molecular weight is 393 g/mol. The van der Waals surface area contributed by atoms with Crippen LogP contribution in [0.1, 0.15) is 118 Å². The van der Waals surface area contributed by atoms with Crippen LogP contribution in [0.15, 0.2) is 63.3 Å². The molecule has 0 aromatic carbocycles. The molecule has 0 aromatic rings. The molecule has 0 aliphatic heterocycles. The summed E-state index contributed by atoms with van der Waals surface area (Å²) in [4.78, 5) is 0. The zero-order valence-corrected chi connectivity index (χ0v) is 20.6. The summed E-state index contributed by atoms with van der Waals surface area (Å²) in [7, 11) is 0. The lowest BCUT2D eigenvalue weighted by atomic mass is 10.3. The molecule has 0 unspecified atom stereocenters. The number of allylic oxidation sites excluding steroid dienone is 5. The Morgan fingerprint density at radius 3 is 0.607 bits per heavy atom. The van der Waals surface area contributed by atoms with Crippen molar-refractivity contribution in [3.63, 3.8) is 0 Å². The largest absolute Gasteiger partial charge is 0.103 e. The molecule has 0 atom stereocenters. The minimum absolute atomic E-state index is 1.08. The molecule has 0 bridgehead atoms. The van der Waals surface area contributed by atoms with E-state index in [1.54, 1.807) is 0 Å². The molecule has 0 aliphatic rings. The number of rotatable bonds is 13. The van der Waals surface area contributed by atoms with Crippen LogP contribution in [0.5, 0.6) is 0 Å². The lowest BCUT2D eigenvalue weighted by Crippen LogP contribution is -1.61. The van der Waals surface area contributed by atoms with Crippen molar-refractivity contribution in [2.24, 2.45) is 0 Å². The highest BCUT2D eigenvalue weighted by Gasteiger charge is 1.72. The molecule has 168 valence electrons. The van der Waals surface area contributed by atoms with E-state index in [9.17, 15) is 0 Å². The monoisotopic (exact) mass is 392 g/mol. The van der Waals surface area contributed by atoms with Crippen molar-refractivity contribution < 1.29 is 0 Å². The highest BCUT2D eigenvalue weighted by atomic mass is 13.8. The molecule has 0 N–H and O–H groups in total. The molecule has 0 heteroatoms. The summed E-state index contributed by atoms with van der Waals surface area (Å²) < 4.78 is 0. The molecule has 0 saturated heterocycles. The van der Waals surface area contributed by atoms with Crippen molar-refractivity contribution in [2.45, 2.75) is 118 Å². The fourth-order valence-electron chi connectivity index (χ4n) is 1.39. The van der Waals surface area contributed by atoms with E-state index in [2.05, 4.69) is 67.5 Å². The molecule has 0 aromatic heterocycles. The van der Waals surface area contributed by atoms with Gasteiger partial charge in [0.05, 0.1) is 0 Å². The van der Waals surface area contributed by atoms with E-state index in [-0.39, 0.29) is 0 Å². The van der Waals surface area contributed by atoms with E-state index in [0.29, 0.717) is 0 Å². The first kappa shape index (κ1) is 37.5. The zero-order valence-electron chi connectivity index (χ0n) is 20.6. The van der Waals surface area contributed by atoms with Gasteiger partial charge >= 0.3 is 0 Å². The minimum Gasteiger partial charge on any atom is -0.103 e. The van der Waals surface area contributed by atoms with Crippen LogP contribution >= 0.6 is 0 Å². The van der Waals surface area contributed by atoms with E-state index >= 15 is 0 Å². The van der Waals surface area contributed by atoms with Crippen molar-refractivity contribution in [1.82, 2.24) is 0 Å². The predicted molar refractivity (Wildman–Crippen MR) is 139 cm³/mol.